The fraction of sp³-hybridized carbons (Fsp3) is 0.125. The predicted molar refractivity (Wildman–Crippen MR) is 81.4 cm³/mol. The van der Waals surface area contributed by atoms with Crippen molar-refractivity contribution in [1.82, 2.24) is 9.97 Å². The highest BCUT2D eigenvalue weighted by Crippen LogP contribution is 2.36. The summed E-state index contributed by atoms with van der Waals surface area (Å²) in [5.74, 6) is 0.195. The van der Waals surface area contributed by atoms with Gasteiger partial charge >= 0.3 is 0 Å². The van der Waals surface area contributed by atoms with Gasteiger partial charge in [-0.05, 0) is 48.4 Å². The Balaban J connectivity index is 2.21. The van der Waals surface area contributed by atoms with Crippen LogP contribution in [0.25, 0.3) is 0 Å². The van der Waals surface area contributed by atoms with E-state index in [1.54, 1.807) is 0 Å². The van der Waals surface area contributed by atoms with Crippen LogP contribution in [0.2, 0.25) is 0 Å². The zero-order chi connectivity index (χ0) is 13.2. The Hall–Kier alpha value is -1.74. The maximum Gasteiger partial charge on any atom is 0.0654 e. The zero-order valence-electron chi connectivity index (χ0n) is 10.7. The van der Waals surface area contributed by atoms with Crippen LogP contribution in [-0.2, 0) is 0 Å². The molecule has 0 radical (unpaired) electrons. The summed E-state index contributed by atoms with van der Waals surface area (Å²) in [4.78, 5) is 6.68. The fourth-order valence-corrected chi connectivity index (χ4v) is 3.23. The molecule has 0 unspecified atom stereocenters. The van der Waals surface area contributed by atoms with E-state index < -0.39 is 0 Å². The molecule has 96 valence electrons. The summed E-state index contributed by atoms with van der Waals surface area (Å²) in [6.45, 7) is 2.15. The van der Waals surface area contributed by atoms with Crippen molar-refractivity contribution in [3.63, 3.8) is 0 Å². The lowest BCUT2D eigenvalue weighted by atomic mass is 9.89. The summed E-state index contributed by atoms with van der Waals surface area (Å²) in [6.07, 6.45) is 3.94. The largest absolute Gasteiger partial charge is 0.364 e. The molecule has 0 spiro atoms. The van der Waals surface area contributed by atoms with E-state index in [0.29, 0.717) is 0 Å². The lowest BCUT2D eigenvalue weighted by Crippen LogP contribution is -2.07. The van der Waals surface area contributed by atoms with Gasteiger partial charge in [0.15, 0.2) is 0 Å². The molecule has 19 heavy (non-hydrogen) atoms. The number of aromatic nitrogens is 2. The second-order valence-corrected chi connectivity index (χ2v) is 5.51. The molecular weight excluding hydrogens is 300 g/mol. The number of aryl methyl sites for hydroxylation is 1. The molecule has 2 nitrogen and oxygen atoms in total. The number of rotatable bonds is 3. The van der Waals surface area contributed by atoms with Crippen molar-refractivity contribution in [1.29, 1.82) is 0 Å². The second-order valence-electron chi connectivity index (χ2n) is 4.65. The van der Waals surface area contributed by atoms with E-state index in [2.05, 4.69) is 63.2 Å². The predicted octanol–water partition coefficient (Wildman–Crippen LogP) is 4.59. The molecule has 0 fully saturated rings. The number of benzene rings is 1. The molecule has 2 heterocycles. The normalized spacial score (nSPS) is 11.1. The molecule has 0 saturated carbocycles. The van der Waals surface area contributed by atoms with E-state index >= 15 is 0 Å². The molecule has 0 amide bonds. The molecule has 0 aliphatic rings. The minimum absolute atomic E-state index is 0.195. The summed E-state index contributed by atoms with van der Waals surface area (Å²) in [6, 6.07) is 14.7. The van der Waals surface area contributed by atoms with Gasteiger partial charge in [0.2, 0.25) is 0 Å². The van der Waals surface area contributed by atoms with Crippen molar-refractivity contribution in [2.75, 3.05) is 0 Å². The Bertz CT molecular complexity index is 600. The van der Waals surface area contributed by atoms with Gasteiger partial charge in [-0.25, -0.2) is 0 Å². The van der Waals surface area contributed by atoms with Gasteiger partial charge in [-0.15, -0.1) is 0 Å². The van der Waals surface area contributed by atoms with E-state index in [4.69, 9.17) is 0 Å². The second kappa shape index (κ2) is 5.10. The smallest absolute Gasteiger partial charge is 0.0654 e. The van der Waals surface area contributed by atoms with Crippen LogP contribution < -0.4 is 0 Å². The SMILES string of the molecule is Cc1cccc(Br)c1C(c1ccc[nH]1)c1ccc[nH]1. The van der Waals surface area contributed by atoms with Crippen molar-refractivity contribution in [3.8, 4) is 0 Å². The minimum Gasteiger partial charge on any atom is -0.364 e. The van der Waals surface area contributed by atoms with Crippen molar-refractivity contribution >= 4 is 15.9 Å². The van der Waals surface area contributed by atoms with Crippen LogP contribution in [-0.4, -0.2) is 9.97 Å². The molecule has 3 rings (SSSR count). The molecule has 3 aromatic rings. The van der Waals surface area contributed by atoms with Crippen LogP contribution >= 0.6 is 15.9 Å². The molecule has 2 N–H and O–H groups in total. The van der Waals surface area contributed by atoms with E-state index in [0.717, 1.165) is 4.47 Å². The van der Waals surface area contributed by atoms with Crippen molar-refractivity contribution in [3.05, 3.63) is 81.8 Å². The van der Waals surface area contributed by atoms with Crippen LogP contribution in [0.3, 0.4) is 0 Å². The van der Waals surface area contributed by atoms with Crippen LogP contribution in [0.15, 0.2) is 59.3 Å². The van der Waals surface area contributed by atoms with Crippen molar-refractivity contribution < 1.29 is 0 Å². The topological polar surface area (TPSA) is 31.6 Å². The van der Waals surface area contributed by atoms with Gasteiger partial charge in [0, 0.05) is 28.3 Å². The molecule has 0 bridgehead atoms. The first-order chi connectivity index (χ1) is 9.27. The van der Waals surface area contributed by atoms with E-state index in [1.807, 2.05) is 24.5 Å². The number of hydrogen-bond acceptors (Lipinski definition) is 0. The van der Waals surface area contributed by atoms with Gasteiger partial charge in [-0.2, -0.15) is 0 Å². The number of nitrogens with one attached hydrogen (secondary N) is 2. The Labute approximate surface area is 121 Å². The fourth-order valence-electron chi connectivity index (χ4n) is 2.54. The third kappa shape index (κ3) is 2.26. The van der Waals surface area contributed by atoms with E-state index in [9.17, 15) is 0 Å². The lowest BCUT2D eigenvalue weighted by molar-refractivity contribution is 0.883. The molecule has 0 saturated heterocycles. The molecule has 3 heteroatoms. The molecule has 0 atom stereocenters. The molecule has 0 aliphatic carbocycles. The summed E-state index contributed by atoms with van der Waals surface area (Å²) >= 11 is 3.69. The summed E-state index contributed by atoms with van der Waals surface area (Å²) < 4.78 is 1.14. The maximum atomic E-state index is 3.69. The summed E-state index contributed by atoms with van der Waals surface area (Å²) in [5, 5.41) is 0. The van der Waals surface area contributed by atoms with Crippen LogP contribution in [0, 0.1) is 6.92 Å². The van der Waals surface area contributed by atoms with Crippen LogP contribution in [0.4, 0.5) is 0 Å². The Morgan fingerprint density at radius 3 is 2.00 bits per heavy atom. The van der Waals surface area contributed by atoms with Gasteiger partial charge in [-0.3, -0.25) is 0 Å². The van der Waals surface area contributed by atoms with Gasteiger partial charge in [0.25, 0.3) is 0 Å². The van der Waals surface area contributed by atoms with Gasteiger partial charge in [-0.1, -0.05) is 28.1 Å². The molecule has 0 aliphatic heterocycles. The zero-order valence-corrected chi connectivity index (χ0v) is 12.2. The third-order valence-electron chi connectivity index (χ3n) is 3.43. The van der Waals surface area contributed by atoms with Gasteiger partial charge in [0.1, 0.15) is 0 Å². The summed E-state index contributed by atoms with van der Waals surface area (Å²) in [7, 11) is 0. The number of hydrogen-bond donors (Lipinski definition) is 2. The molecular formula is C16H15BrN2. The van der Waals surface area contributed by atoms with Crippen LogP contribution in [0.1, 0.15) is 28.4 Å². The lowest BCUT2D eigenvalue weighted by Gasteiger charge is -2.19. The number of halogens is 1. The number of H-pyrrole nitrogens is 2. The molecule has 2 aromatic heterocycles. The van der Waals surface area contributed by atoms with Gasteiger partial charge < -0.3 is 9.97 Å². The first kappa shape index (κ1) is 12.3. The first-order valence-electron chi connectivity index (χ1n) is 6.29. The quantitative estimate of drug-likeness (QED) is 0.708. The van der Waals surface area contributed by atoms with Crippen LogP contribution in [0.5, 0.6) is 0 Å². The Morgan fingerprint density at radius 2 is 1.53 bits per heavy atom. The first-order valence-corrected chi connectivity index (χ1v) is 7.08. The maximum absolute atomic E-state index is 3.69. The monoisotopic (exact) mass is 314 g/mol. The average Bonchev–Trinajstić information content (AvgIpc) is 3.07. The number of aromatic amines is 2. The summed E-state index contributed by atoms with van der Waals surface area (Å²) in [5.41, 5.74) is 4.96. The highest BCUT2D eigenvalue weighted by atomic mass is 79.9. The standard InChI is InChI=1S/C16H15BrN2/c1-11-5-2-6-12(17)15(11)16(13-7-3-9-18-13)14-8-4-10-19-14/h2-10,16,18-19H,1H3. The Kier molecular flexibility index (Phi) is 3.30. The Morgan fingerprint density at radius 1 is 0.895 bits per heavy atom. The minimum atomic E-state index is 0.195. The van der Waals surface area contributed by atoms with Crippen molar-refractivity contribution in [2.45, 2.75) is 12.8 Å². The van der Waals surface area contributed by atoms with Gasteiger partial charge in [0.05, 0.1) is 5.92 Å². The van der Waals surface area contributed by atoms with Crippen molar-refractivity contribution in [2.24, 2.45) is 0 Å². The average molecular weight is 315 g/mol. The highest BCUT2D eigenvalue weighted by molar-refractivity contribution is 9.10. The van der Waals surface area contributed by atoms with E-state index in [1.165, 1.54) is 22.5 Å². The third-order valence-corrected chi connectivity index (χ3v) is 4.12. The van der Waals surface area contributed by atoms with E-state index in [-0.39, 0.29) is 5.92 Å². The highest BCUT2D eigenvalue weighted by Gasteiger charge is 2.22. The molecule has 1 aromatic carbocycles.